The third-order valence-electron chi connectivity index (χ3n) is 7.40. The summed E-state index contributed by atoms with van der Waals surface area (Å²) in [6, 6.07) is 25.4. The zero-order valence-corrected chi connectivity index (χ0v) is 22.0. The van der Waals surface area contributed by atoms with Gasteiger partial charge in [0.2, 0.25) is 5.71 Å². The number of hydrogen-bond acceptors (Lipinski definition) is 3. The van der Waals surface area contributed by atoms with E-state index >= 15 is 0 Å². The number of hydrogen-bond donors (Lipinski definition) is 0. The van der Waals surface area contributed by atoms with E-state index in [1.54, 1.807) is 24.5 Å². The Balaban J connectivity index is 1.24. The lowest BCUT2D eigenvalue weighted by atomic mass is 9.95. The zero-order chi connectivity index (χ0) is 29.9. The monoisotopic (exact) mass is 584 g/mol. The van der Waals surface area contributed by atoms with Gasteiger partial charge in [-0.2, -0.15) is 26.3 Å². The van der Waals surface area contributed by atoms with Crippen LogP contribution in [-0.2, 0) is 12.4 Å². The van der Waals surface area contributed by atoms with Gasteiger partial charge in [-0.25, -0.2) is 4.98 Å². The van der Waals surface area contributed by atoms with Crippen LogP contribution in [0.2, 0.25) is 0 Å². The molecule has 0 N–H and O–H groups in total. The first-order chi connectivity index (χ1) is 20.5. The molecule has 9 heteroatoms. The number of alkyl halides is 6. The van der Waals surface area contributed by atoms with E-state index in [2.05, 4.69) is 9.97 Å². The van der Waals surface area contributed by atoms with Crippen LogP contribution < -0.4 is 0 Å². The summed E-state index contributed by atoms with van der Waals surface area (Å²) in [5.41, 5.74) is 1.90. The molecular formula is C34H18F6N2O. The van der Waals surface area contributed by atoms with Crippen molar-refractivity contribution >= 4 is 32.8 Å². The van der Waals surface area contributed by atoms with E-state index in [4.69, 9.17) is 4.42 Å². The average molecular weight is 585 g/mol. The second-order valence-electron chi connectivity index (χ2n) is 10.2. The van der Waals surface area contributed by atoms with Crippen molar-refractivity contribution in [1.29, 1.82) is 0 Å². The quantitative estimate of drug-likeness (QED) is 0.194. The molecule has 0 amide bonds. The molecule has 0 atom stereocenters. The van der Waals surface area contributed by atoms with E-state index in [1.165, 1.54) is 6.07 Å². The maximum Gasteiger partial charge on any atom is 0.416 e. The second-order valence-corrected chi connectivity index (χ2v) is 10.2. The van der Waals surface area contributed by atoms with E-state index in [0.29, 0.717) is 11.1 Å². The fraction of sp³-hybridized carbons (Fsp3) is 0.0588. The minimum Gasteiger partial charge on any atom is -0.438 e. The molecule has 0 spiro atoms. The predicted molar refractivity (Wildman–Crippen MR) is 153 cm³/mol. The highest BCUT2D eigenvalue weighted by Crippen LogP contribution is 2.39. The fourth-order valence-electron chi connectivity index (χ4n) is 5.23. The molecule has 0 aliphatic rings. The summed E-state index contributed by atoms with van der Waals surface area (Å²) in [4.78, 5) is 8.91. The van der Waals surface area contributed by atoms with Gasteiger partial charge in [-0.05, 0) is 94.2 Å². The Bertz CT molecular complexity index is 2130. The summed E-state index contributed by atoms with van der Waals surface area (Å²) in [6.45, 7) is 0. The summed E-state index contributed by atoms with van der Waals surface area (Å²) in [5.74, 6) is 0. The molecule has 0 radical (unpaired) electrons. The van der Waals surface area contributed by atoms with Gasteiger partial charge in [0.25, 0.3) is 0 Å². The second kappa shape index (κ2) is 9.69. The lowest BCUT2D eigenvalue weighted by Crippen LogP contribution is -2.11. The highest BCUT2D eigenvalue weighted by atomic mass is 19.4. The van der Waals surface area contributed by atoms with Crippen molar-refractivity contribution in [1.82, 2.24) is 9.97 Å². The van der Waals surface area contributed by atoms with Crippen LogP contribution in [0.15, 0.2) is 114 Å². The van der Waals surface area contributed by atoms with Crippen molar-refractivity contribution in [3.8, 4) is 33.5 Å². The van der Waals surface area contributed by atoms with Gasteiger partial charge in [0.15, 0.2) is 0 Å². The van der Waals surface area contributed by atoms with Gasteiger partial charge < -0.3 is 4.42 Å². The molecule has 0 fully saturated rings. The fourth-order valence-corrected chi connectivity index (χ4v) is 5.23. The van der Waals surface area contributed by atoms with Crippen molar-refractivity contribution in [3.05, 3.63) is 121 Å². The van der Waals surface area contributed by atoms with Crippen LogP contribution in [-0.4, -0.2) is 9.97 Å². The molecule has 3 aromatic heterocycles. The van der Waals surface area contributed by atoms with Crippen LogP contribution in [0.25, 0.3) is 66.4 Å². The number of furan rings is 1. The van der Waals surface area contributed by atoms with Crippen LogP contribution in [0.4, 0.5) is 26.3 Å². The molecule has 0 unspecified atom stereocenters. The van der Waals surface area contributed by atoms with Gasteiger partial charge in [0, 0.05) is 34.3 Å². The van der Waals surface area contributed by atoms with Gasteiger partial charge in [-0.15, -0.1) is 0 Å². The number of pyridine rings is 2. The van der Waals surface area contributed by atoms with Gasteiger partial charge >= 0.3 is 12.4 Å². The summed E-state index contributed by atoms with van der Waals surface area (Å²) >= 11 is 0. The first-order valence-electron chi connectivity index (χ1n) is 13.1. The third kappa shape index (κ3) is 4.97. The summed E-state index contributed by atoms with van der Waals surface area (Å²) in [5, 5.41) is 3.29. The first kappa shape index (κ1) is 26.7. The Morgan fingerprint density at radius 2 is 1.16 bits per heavy atom. The molecule has 0 aliphatic heterocycles. The zero-order valence-electron chi connectivity index (χ0n) is 22.0. The third-order valence-corrected chi connectivity index (χ3v) is 7.40. The number of rotatable bonds is 3. The van der Waals surface area contributed by atoms with Crippen LogP contribution in [0.3, 0.4) is 0 Å². The summed E-state index contributed by atoms with van der Waals surface area (Å²) in [7, 11) is 0. The van der Waals surface area contributed by atoms with Crippen molar-refractivity contribution in [3.63, 3.8) is 0 Å². The topological polar surface area (TPSA) is 38.9 Å². The predicted octanol–water partition coefficient (Wildman–Crippen LogP) is 10.6. The summed E-state index contributed by atoms with van der Waals surface area (Å²) in [6.07, 6.45) is -6.45. The van der Waals surface area contributed by atoms with E-state index in [0.717, 1.165) is 56.3 Å². The number of aromatic nitrogens is 2. The number of fused-ring (bicyclic) bond motifs is 4. The maximum absolute atomic E-state index is 13.4. The molecule has 3 nitrogen and oxygen atoms in total. The molecule has 7 aromatic rings. The van der Waals surface area contributed by atoms with Crippen LogP contribution in [0, 0.1) is 0 Å². The molecule has 4 aromatic carbocycles. The lowest BCUT2D eigenvalue weighted by molar-refractivity contribution is -0.143. The minimum absolute atomic E-state index is 0.131. The van der Waals surface area contributed by atoms with E-state index in [1.807, 2.05) is 60.7 Å². The van der Waals surface area contributed by atoms with Gasteiger partial charge in [0.1, 0.15) is 5.58 Å². The van der Waals surface area contributed by atoms with E-state index < -0.39 is 23.5 Å². The van der Waals surface area contributed by atoms with Crippen LogP contribution in [0.5, 0.6) is 0 Å². The number of halogens is 6. The molecule has 7 rings (SSSR count). The minimum atomic E-state index is -4.92. The average Bonchev–Trinajstić information content (AvgIpc) is 3.37. The Morgan fingerprint density at radius 3 is 1.81 bits per heavy atom. The van der Waals surface area contributed by atoms with E-state index in [-0.39, 0.29) is 17.2 Å². The van der Waals surface area contributed by atoms with Gasteiger partial charge in [-0.1, -0.05) is 30.3 Å². The SMILES string of the molecule is FC(F)(F)c1cc(-c2ccc3ccc(-c4ccc(-c5ccc6oc7ncccc7c6c5)nc4)cc3c2)cc(C(F)(F)F)c1. The van der Waals surface area contributed by atoms with Crippen molar-refractivity contribution < 1.29 is 30.8 Å². The normalized spacial score (nSPS) is 12.4. The molecular weight excluding hydrogens is 566 g/mol. The van der Waals surface area contributed by atoms with E-state index in [9.17, 15) is 26.3 Å². The van der Waals surface area contributed by atoms with Crippen LogP contribution >= 0.6 is 0 Å². The highest BCUT2D eigenvalue weighted by molar-refractivity contribution is 6.04. The standard InChI is InChI=1S/C34H18F6N2O/c35-33(36,37)26-14-25(15-27(17-26)34(38,39)40)21-6-4-19-3-5-20(12-24(19)13-21)23-7-9-30(42-18-23)22-8-10-31-29(16-22)28-2-1-11-41-32(28)43-31/h1-18H. The lowest BCUT2D eigenvalue weighted by Gasteiger charge is -2.15. The Hall–Kier alpha value is -5.18. The van der Waals surface area contributed by atoms with Gasteiger partial charge in [0.05, 0.1) is 16.8 Å². The Morgan fingerprint density at radius 1 is 0.512 bits per heavy atom. The largest absolute Gasteiger partial charge is 0.438 e. The van der Waals surface area contributed by atoms with Crippen molar-refractivity contribution in [2.75, 3.05) is 0 Å². The Kier molecular flexibility index (Phi) is 6.02. The first-order valence-corrected chi connectivity index (χ1v) is 13.1. The molecule has 0 saturated carbocycles. The highest BCUT2D eigenvalue weighted by Gasteiger charge is 2.37. The number of nitrogens with zero attached hydrogens (tertiary/aromatic N) is 2. The molecule has 0 aliphatic carbocycles. The summed E-state index contributed by atoms with van der Waals surface area (Å²) < 4.78 is 86.3. The molecule has 3 heterocycles. The molecule has 212 valence electrons. The number of benzene rings is 4. The molecule has 43 heavy (non-hydrogen) atoms. The maximum atomic E-state index is 13.4. The molecule has 0 saturated heterocycles. The smallest absolute Gasteiger partial charge is 0.416 e. The Labute approximate surface area is 240 Å². The van der Waals surface area contributed by atoms with Crippen molar-refractivity contribution in [2.45, 2.75) is 12.4 Å². The van der Waals surface area contributed by atoms with Crippen LogP contribution in [0.1, 0.15) is 11.1 Å². The van der Waals surface area contributed by atoms with Gasteiger partial charge in [-0.3, -0.25) is 4.98 Å². The molecule has 0 bridgehead atoms. The van der Waals surface area contributed by atoms with Crippen molar-refractivity contribution in [2.24, 2.45) is 0 Å².